The van der Waals surface area contributed by atoms with E-state index < -0.39 is 70.2 Å². The van der Waals surface area contributed by atoms with E-state index in [1.807, 2.05) is 6.08 Å². The van der Waals surface area contributed by atoms with Crippen molar-refractivity contribution < 1.29 is 38.4 Å². The number of aliphatic hydroxyl groups excluding tert-OH is 1. The number of nitrogens with zero attached hydrogens (tertiary/aromatic N) is 3. The van der Waals surface area contributed by atoms with Crippen molar-refractivity contribution in [1.82, 2.24) is 5.01 Å². The number of fused-ring (bicyclic) bond motifs is 4. The maximum absolute atomic E-state index is 15.2. The highest BCUT2D eigenvalue weighted by atomic mass is 35.5. The third-order valence-corrected chi connectivity index (χ3v) is 11.6. The summed E-state index contributed by atoms with van der Waals surface area (Å²) in [4.78, 5) is 70.2. The molecule has 3 aromatic carbocycles. The number of nitro benzene ring substituents is 1. The number of allylic oxidation sites excluding steroid dienone is 2. The average Bonchev–Trinajstić information content (AvgIpc) is 3.80. The predicted molar refractivity (Wildman–Crippen MR) is 191 cm³/mol. The predicted octanol–water partition coefficient (Wildman–Crippen LogP) is 6.19. The molecule has 0 spiro atoms. The van der Waals surface area contributed by atoms with Crippen molar-refractivity contribution in [1.29, 1.82) is 0 Å². The van der Waals surface area contributed by atoms with Gasteiger partial charge in [-0.25, -0.2) is 0 Å². The van der Waals surface area contributed by atoms with Gasteiger partial charge in [-0.15, -0.1) is 0 Å². The van der Waals surface area contributed by atoms with Crippen LogP contribution in [0.5, 0.6) is 5.75 Å². The van der Waals surface area contributed by atoms with Gasteiger partial charge in [0.25, 0.3) is 17.5 Å². The van der Waals surface area contributed by atoms with Crippen LogP contribution in [-0.4, -0.2) is 45.8 Å². The molecule has 2 aliphatic carbocycles. The molecule has 6 atom stereocenters. The molecule has 15 heteroatoms. The smallest absolute Gasteiger partial charge is 0.269 e. The van der Waals surface area contributed by atoms with Gasteiger partial charge in [0.2, 0.25) is 11.8 Å². The van der Waals surface area contributed by atoms with Gasteiger partial charge in [0.15, 0.2) is 0 Å². The fourth-order valence-electron chi connectivity index (χ4n) is 8.76. The standard InChI is InChI=1S/C38H30Cl2N4O9/c1-52-23-9-2-19(3-10-23)38-28(35(47)43(37(38)49)41-30-14-4-20(39)16-29(30)40)17-27-25(33(38)31-15-11-24(18-45)53-31)12-13-26-32(27)36(48)42(34(26)46)21-5-7-22(8-6-21)44(50)51/h2-12,14-16,26-28,32-33,41,45H,13,17-18H2,1H3. The number of methoxy groups -OCH3 is 1. The van der Waals surface area contributed by atoms with Gasteiger partial charge >= 0.3 is 0 Å². The Kier molecular flexibility index (Phi) is 8.39. The Labute approximate surface area is 311 Å². The molecular weight excluding hydrogens is 727 g/mol. The first-order valence-electron chi connectivity index (χ1n) is 16.8. The Balaban J connectivity index is 1.29. The Morgan fingerprint density at radius 3 is 2.34 bits per heavy atom. The number of anilines is 2. The number of hydrazine groups is 1. The summed E-state index contributed by atoms with van der Waals surface area (Å²) in [5, 5.41) is 22.8. The summed E-state index contributed by atoms with van der Waals surface area (Å²) in [6.45, 7) is -0.425. The SMILES string of the molecule is COc1ccc(C23C(=O)N(Nc4ccc(Cl)cc4Cl)C(=O)C2CC2C(=CCC4C(=O)N(c5ccc([N+](=O)[O-])cc5)C(=O)C42)C3c2ccc(CO)o2)cc1. The third kappa shape index (κ3) is 5.17. The molecule has 2 N–H and O–H groups in total. The molecule has 3 fully saturated rings. The number of benzene rings is 3. The first-order chi connectivity index (χ1) is 25.5. The number of amides is 4. The van der Waals surface area contributed by atoms with Crippen molar-refractivity contribution in [2.45, 2.75) is 30.8 Å². The molecule has 53 heavy (non-hydrogen) atoms. The number of nitrogens with one attached hydrogen (secondary N) is 1. The molecule has 1 saturated carbocycles. The largest absolute Gasteiger partial charge is 0.497 e. The molecule has 3 heterocycles. The van der Waals surface area contributed by atoms with Gasteiger partial charge in [0.05, 0.1) is 52.1 Å². The van der Waals surface area contributed by atoms with Crippen molar-refractivity contribution >= 4 is 63.9 Å². The highest BCUT2D eigenvalue weighted by Crippen LogP contribution is 2.64. The van der Waals surface area contributed by atoms with E-state index in [9.17, 15) is 29.6 Å². The zero-order valence-corrected chi connectivity index (χ0v) is 29.4. The molecule has 13 nitrogen and oxygen atoms in total. The van der Waals surface area contributed by atoms with E-state index in [0.29, 0.717) is 27.7 Å². The van der Waals surface area contributed by atoms with Crippen LogP contribution in [0.25, 0.3) is 0 Å². The number of imide groups is 2. The van der Waals surface area contributed by atoms with E-state index in [1.165, 1.54) is 37.4 Å². The highest BCUT2D eigenvalue weighted by Gasteiger charge is 2.71. The second kappa shape index (κ2) is 12.9. The Morgan fingerprint density at radius 1 is 0.962 bits per heavy atom. The normalized spacial score (nSPS) is 26.3. The van der Waals surface area contributed by atoms with Crippen LogP contribution in [0.2, 0.25) is 10.0 Å². The van der Waals surface area contributed by atoms with Gasteiger partial charge in [0.1, 0.15) is 29.3 Å². The number of nitro groups is 1. The molecule has 4 aromatic rings. The fourth-order valence-corrected chi connectivity index (χ4v) is 9.22. The van der Waals surface area contributed by atoms with Crippen molar-refractivity contribution in [3.05, 3.63) is 128 Å². The minimum absolute atomic E-state index is 0.0212. The lowest BCUT2D eigenvalue weighted by Crippen LogP contribution is -2.53. The Bertz CT molecular complexity index is 2240. The quantitative estimate of drug-likeness (QED) is 0.0915. The second-order valence-corrected chi connectivity index (χ2v) is 14.3. The van der Waals surface area contributed by atoms with Crippen LogP contribution in [0, 0.1) is 33.8 Å². The maximum atomic E-state index is 15.2. The minimum Gasteiger partial charge on any atom is -0.497 e. The molecule has 6 unspecified atom stereocenters. The van der Waals surface area contributed by atoms with Crippen LogP contribution in [0.4, 0.5) is 17.1 Å². The van der Waals surface area contributed by atoms with Gasteiger partial charge in [-0.2, -0.15) is 5.01 Å². The molecule has 2 saturated heterocycles. The molecular formula is C38H30Cl2N4O9. The maximum Gasteiger partial charge on any atom is 0.269 e. The molecule has 4 amide bonds. The number of carbonyl (C=O) groups excluding carboxylic acids is 4. The summed E-state index contributed by atoms with van der Waals surface area (Å²) in [7, 11) is 1.51. The van der Waals surface area contributed by atoms with E-state index in [2.05, 4.69) is 5.43 Å². The van der Waals surface area contributed by atoms with Gasteiger partial charge < -0.3 is 14.3 Å². The fraction of sp³-hybridized carbons (Fsp3) is 0.263. The van der Waals surface area contributed by atoms with Gasteiger partial charge in [-0.1, -0.05) is 47.0 Å². The summed E-state index contributed by atoms with van der Waals surface area (Å²) in [5.41, 5.74) is 2.71. The summed E-state index contributed by atoms with van der Waals surface area (Å²) in [6, 6.07) is 19.9. The summed E-state index contributed by atoms with van der Waals surface area (Å²) in [5.74, 6) is -5.50. The van der Waals surface area contributed by atoms with E-state index in [1.54, 1.807) is 48.5 Å². The van der Waals surface area contributed by atoms with Gasteiger partial charge in [-0.05, 0) is 78.9 Å². The number of aliphatic hydroxyl groups is 1. The van der Waals surface area contributed by atoms with Crippen LogP contribution in [0.3, 0.4) is 0 Å². The first-order valence-corrected chi connectivity index (χ1v) is 17.5. The number of rotatable bonds is 8. The molecule has 8 rings (SSSR count). The summed E-state index contributed by atoms with van der Waals surface area (Å²) < 4.78 is 11.6. The lowest BCUT2D eigenvalue weighted by atomic mass is 9.50. The molecule has 1 aromatic heterocycles. The first kappa shape index (κ1) is 34.6. The number of hydrogen-bond acceptors (Lipinski definition) is 10. The lowest BCUT2D eigenvalue weighted by molar-refractivity contribution is -0.384. The van der Waals surface area contributed by atoms with E-state index in [-0.39, 0.29) is 40.7 Å². The number of furan rings is 1. The zero-order valence-electron chi connectivity index (χ0n) is 27.9. The van der Waals surface area contributed by atoms with Crippen molar-refractivity contribution in [2.24, 2.45) is 23.7 Å². The third-order valence-electron chi connectivity index (χ3n) is 11.0. The number of non-ortho nitro benzene ring substituents is 1. The highest BCUT2D eigenvalue weighted by molar-refractivity contribution is 6.36. The zero-order chi connectivity index (χ0) is 37.3. The number of halogens is 2. The van der Waals surface area contributed by atoms with Crippen molar-refractivity contribution in [3.8, 4) is 5.75 Å². The molecule has 0 radical (unpaired) electrons. The van der Waals surface area contributed by atoms with Crippen LogP contribution >= 0.6 is 23.2 Å². The van der Waals surface area contributed by atoms with Gasteiger partial charge in [0, 0.05) is 17.2 Å². The number of carbonyl (C=O) groups is 4. The number of ether oxygens (including phenoxy) is 1. The van der Waals surface area contributed by atoms with Crippen LogP contribution < -0.4 is 15.1 Å². The van der Waals surface area contributed by atoms with Gasteiger partial charge in [-0.3, -0.25) is 39.6 Å². The van der Waals surface area contributed by atoms with Crippen molar-refractivity contribution in [3.63, 3.8) is 0 Å². The average molecular weight is 758 g/mol. The van der Waals surface area contributed by atoms with Crippen LogP contribution in [0.1, 0.15) is 35.8 Å². The topological polar surface area (TPSA) is 173 Å². The van der Waals surface area contributed by atoms with Crippen LogP contribution in [-0.2, 0) is 31.2 Å². The van der Waals surface area contributed by atoms with E-state index in [4.69, 9.17) is 32.4 Å². The molecule has 270 valence electrons. The molecule has 2 aliphatic heterocycles. The van der Waals surface area contributed by atoms with Crippen molar-refractivity contribution in [2.75, 3.05) is 17.4 Å². The van der Waals surface area contributed by atoms with E-state index >= 15 is 4.79 Å². The monoisotopic (exact) mass is 756 g/mol. The lowest BCUT2D eigenvalue weighted by Gasteiger charge is -2.49. The minimum atomic E-state index is -1.63. The number of hydrogen-bond donors (Lipinski definition) is 2. The summed E-state index contributed by atoms with van der Waals surface area (Å²) in [6.07, 6.45) is 2.04. The molecule has 0 bridgehead atoms. The Hall–Kier alpha value is -5.50. The summed E-state index contributed by atoms with van der Waals surface area (Å²) >= 11 is 12.6. The molecule has 4 aliphatic rings. The van der Waals surface area contributed by atoms with E-state index in [0.717, 1.165) is 9.91 Å². The second-order valence-electron chi connectivity index (χ2n) is 13.5. The van der Waals surface area contributed by atoms with Crippen LogP contribution in [0.15, 0.2) is 94.9 Å². The Morgan fingerprint density at radius 2 is 1.70 bits per heavy atom.